The number of amides is 1. The minimum Gasteiger partial charge on any atom is -0.506 e. The van der Waals surface area contributed by atoms with Gasteiger partial charge in [-0.25, -0.2) is 4.99 Å². The lowest BCUT2D eigenvalue weighted by molar-refractivity contribution is -0.115. The molecule has 1 heterocycles. The molecule has 1 amide bonds. The predicted octanol–water partition coefficient (Wildman–Crippen LogP) is 4.55. The molecule has 1 aliphatic heterocycles. The highest BCUT2D eigenvalue weighted by Gasteiger charge is 2.24. The average molecular weight is 359 g/mol. The minimum atomic E-state index is -0.201. The third-order valence-corrected chi connectivity index (χ3v) is 4.71. The number of nitrogens with one attached hydrogen (secondary N) is 1. The lowest BCUT2D eigenvalue weighted by Gasteiger charge is -2.02. The van der Waals surface area contributed by atoms with Crippen LogP contribution in [0.4, 0.5) is 5.69 Å². The molecule has 122 valence electrons. The van der Waals surface area contributed by atoms with Gasteiger partial charge in [0.1, 0.15) is 5.75 Å². The Hall–Kier alpha value is -2.24. The van der Waals surface area contributed by atoms with E-state index in [4.69, 9.17) is 11.6 Å². The first-order valence-electron chi connectivity index (χ1n) is 7.28. The molecule has 0 saturated carbocycles. The van der Waals surface area contributed by atoms with Gasteiger partial charge in [0.15, 0.2) is 5.17 Å². The van der Waals surface area contributed by atoms with Gasteiger partial charge in [-0.05, 0) is 61.0 Å². The zero-order valence-corrected chi connectivity index (χ0v) is 14.7. The normalized spacial score (nSPS) is 17.5. The van der Waals surface area contributed by atoms with Crippen molar-refractivity contribution in [1.82, 2.24) is 5.32 Å². The minimum absolute atomic E-state index is 0.0134. The SMILES string of the molecule is Cc1ccc(N=C2NC(=O)/C(=C/c3ccc(O)c(Cl)c3)S2)c(C)c1. The number of phenolic OH excluding ortho intramolecular Hbond substituents is 1. The lowest BCUT2D eigenvalue weighted by atomic mass is 10.1. The van der Waals surface area contributed by atoms with Crippen LogP contribution < -0.4 is 5.32 Å². The maximum atomic E-state index is 12.1. The van der Waals surface area contributed by atoms with Crippen LogP contribution in [0.5, 0.6) is 5.75 Å². The Balaban J connectivity index is 1.86. The number of hydrogen-bond acceptors (Lipinski definition) is 4. The quantitative estimate of drug-likeness (QED) is 0.774. The Morgan fingerprint density at radius 1 is 1.21 bits per heavy atom. The molecule has 0 spiro atoms. The van der Waals surface area contributed by atoms with Crippen molar-refractivity contribution < 1.29 is 9.90 Å². The second-order valence-electron chi connectivity index (χ2n) is 5.48. The first-order chi connectivity index (χ1) is 11.4. The van der Waals surface area contributed by atoms with E-state index >= 15 is 0 Å². The molecule has 6 heteroatoms. The van der Waals surface area contributed by atoms with Crippen molar-refractivity contribution in [3.63, 3.8) is 0 Å². The number of carbonyl (C=O) groups excluding carboxylic acids is 1. The summed E-state index contributed by atoms with van der Waals surface area (Å²) in [5.74, 6) is -0.188. The second kappa shape index (κ2) is 6.71. The topological polar surface area (TPSA) is 61.7 Å². The molecule has 0 aliphatic carbocycles. The Labute approximate surface area is 149 Å². The number of aromatic hydroxyl groups is 1. The zero-order valence-electron chi connectivity index (χ0n) is 13.1. The summed E-state index contributed by atoms with van der Waals surface area (Å²) < 4.78 is 0. The van der Waals surface area contributed by atoms with E-state index in [0.717, 1.165) is 16.8 Å². The molecular formula is C18H15ClN2O2S. The van der Waals surface area contributed by atoms with Crippen molar-refractivity contribution >= 4 is 46.2 Å². The van der Waals surface area contributed by atoms with Gasteiger partial charge in [-0.15, -0.1) is 0 Å². The van der Waals surface area contributed by atoms with Gasteiger partial charge in [-0.2, -0.15) is 0 Å². The van der Waals surface area contributed by atoms with Gasteiger partial charge >= 0.3 is 0 Å². The molecule has 2 N–H and O–H groups in total. The van der Waals surface area contributed by atoms with Crippen LogP contribution in [0.25, 0.3) is 6.08 Å². The molecule has 0 radical (unpaired) electrons. The van der Waals surface area contributed by atoms with Crippen molar-refractivity contribution in [1.29, 1.82) is 0 Å². The van der Waals surface area contributed by atoms with E-state index in [2.05, 4.69) is 16.4 Å². The maximum Gasteiger partial charge on any atom is 0.264 e. The van der Waals surface area contributed by atoms with Crippen molar-refractivity contribution in [2.45, 2.75) is 13.8 Å². The predicted molar refractivity (Wildman–Crippen MR) is 99.8 cm³/mol. The van der Waals surface area contributed by atoms with Crippen LogP contribution in [0.15, 0.2) is 46.3 Å². The Morgan fingerprint density at radius 2 is 2.00 bits per heavy atom. The monoisotopic (exact) mass is 358 g/mol. The molecule has 24 heavy (non-hydrogen) atoms. The third kappa shape index (κ3) is 3.63. The molecular weight excluding hydrogens is 344 g/mol. The van der Waals surface area contributed by atoms with Crippen LogP contribution >= 0.6 is 23.4 Å². The number of nitrogens with zero attached hydrogens (tertiary/aromatic N) is 1. The number of carbonyl (C=O) groups is 1. The van der Waals surface area contributed by atoms with Crippen molar-refractivity contribution in [2.24, 2.45) is 4.99 Å². The number of rotatable bonds is 2. The average Bonchev–Trinajstić information content (AvgIpc) is 2.86. The first kappa shape index (κ1) is 16.6. The zero-order chi connectivity index (χ0) is 17.3. The summed E-state index contributed by atoms with van der Waals surface area (Å²) in [6, 6.07) is 10.8. The third-order valence-electron chi connectivity index (χ3n) is 3.49. The Kier molecular flexibility index (Phi) is 4.64. The van der Waals surface area contributed by atoms with Crippen LogP contribution in [-0.4, -0.2) is 16.2 Å². The fraction of sp³-hybridized carbons (Fsp3) is 0.111. The molecule has 4 nitrogen and oxygen atoms in total. The van der Waals surface area contributed by atoms with Crippen LogP contribution in [0.1, 0.15) is 16.7 Å². The molecule has 1 aliphatic rings. The van der Waals surface area contributed by atoms with Gasteiger partial charge in [0.25, 0.3) is 5.91 Å². The molecule has 0 bridgehead atoms. The van der Waals surface area contributed by atoms with E-state index < -0.39 is 0 Å². The number of phenols is 1. The Bertz CT molecular complexity index is 891. The highest BCUT2D eigenvalue weighted by Crippen LogP contribution is 2.31. The summed E-state index contributed by atoms with van der Waals surface area (Å²) in [4.78, 5) is 17.1. The van der Waals surface area contributed by atoms with Crippen molar-refractivity contribution in [2.75, 3.05) is 0 Å². The molecule has 1 fully saturated rings. The smallest absolute Gasteiger partial charge is 0.264 e. The molecule has 0 atom stereocenters. The highest BCUT2D eigenvalue weighted by atomic mass is 35.5. The van der Waals surface area contributed by atoms with Gasteiger partial charge < -0.3 is 10.4 Å². The lowest BCUT2D eigenvalue weighted by Crippen LogP contribution is -2.19. The molecule has 2 aromatic rings. The number of halogens is 1. The largest absolute Gasteiger partial charge is 0.506 e. The van der Waals surface area contributed by atoms with Crippen LogP contribution in [0, 0.1) is 13.8 Å². The summed E-state index contributed by atoms with van der Waals surface area (Å²) in [5, 5.41) is 13.0. The van der Waals surface area contributed by atoms with Crippen LogP contribution in [0.3, 0.4) is 0 Å². The molecule has 2 aromatic carbocycles. The number of hydrogen-bond donors (Lipinski definition) is 2. The second-order valence-corrected chi connectivity index (χ2v) is 6.92. The summed E-state index contributed by atoms with van der Waals surface area (Å²) >= 11 is 7.17. The molecule has 1 saturated heterocycles. The molecule has 0 aromatic heterocycles. The van der Waals surface area contributed by atoms with E-state index in [1.807, 2.05) is 26.0 Å². The Morgan fingerprint density at radius 3 is 2.71 bits per heavy atom. The summed E-state index contributed by atoms with van der Waals surface area (Å²) in [7, 11) is 0. The number of aliphatic imine (C=N–C) groups is 1. The van der Waals surface area contributed by atoms with E-state index in [0.29, 0.717) is 10.1 Å². The maximum absolute atomic E-state index is 12.1. The number of amidine groups is 1. The standard InChI is InChI=1S/C18H15ClN2O2S/c1-10-3-5-14(11(2)7-10)20-18-21-17(23)16(24-18)9-12-4-6-15(22)13(19)8-12/h3-9,22H,1-2H3,(H,20,21,23)/b16-9-. The fourth-order valence-electron chi connectivity index (χ4n) is 2.29. The van der Waals surface area contributed by atoms with E-state index in [1.54, 1.807) is 18.2 Å². The van der Waals surface area contributed by atoms with Gasteiger partial charge in [0.05, 0.1) is 15.6 Å². The van der Waals surface area contributed by atoms with Gasteiger partial charge in [-0.3, -0.25) is 4.79 Å². The van der Waals surface area contributed by atoms with Crippen LogP contribution in [-0.2, 0) is 4.79 Å². The number of aryl methyl sites for hydroxylation is 2. The van der Waals surface area contributed by atoms with Gasteiger partial charge in [0, 0.05) is 0 Å². The van der Waals surface area contributed by atoms with E-state index in [9.17, 15) is 9.90 Å². The first-order valence-corrected chi connectivity index (χ1v) is 8.47. The summed E-state index contributed by atoms with van der Waals surface area (Å²) in [5.41, 5.74) is 3.80. The fourth-order valence-corrected chi connectivity index (χ4v) is 3.31. The molecule has 0 unspecified atom stereocenters. The molecule has 3 rings (SSSR count). The number of benzene rings is 2. The number of thioether (sulfide) groups is 1. The van der Waals surface area contributed by atoms with Gasteiger partial charge in [0.2, 0.25) is 0 Å². The van der Waals surface area contributed by atoms with Crippen molar-refractivity contribution in [3.05, 3.63) is 63.0 Å². The summed E-state index contributed by atoms with van der Waals surface area (Å²) in [6.45, 7) is 4.02. The van der Waals surface area contributed by atoms with E-state index in [-0.39, 0.29) is 16.7 Å². The highest BCUT2D eigenvalue weighted by molar-refractivity contribution is 8.18. The van der Waals surface area contributed by atoms with Crippen molar-refractivity contribution in [3.8, 4) is 5.75 Å². The summed E-state index contributed by atoms with van der Waals surface area (Å²) in [6.07, 6.45) is 1.72. The van der Waals surface area contributed by atoms with Gasteiger partial charge in [-0.1, -0.05) is 35.4 Å². The van der Waals surface area contributed by atoms with Crippen LogP contribution in [0.2, 0.25) is 5.02 Å². The van der Waals surface area contributed by atoms with E-state index in [1.165, 1.54) is 23.4 Å².